The molecule has 8 nitrogen and oxygen atoms in total. The average Bonchev–Trinajstić information content (AvgIpc) is 2.59. The fourth-order valence-electron chi connectivity index (χ4n) is 1.71. The minimum atomic E-state index is -0.454. The van der Waals surface area contributed by atoms with E-state index in [1.165, 1.54) is 12.4 Å². The van der Waals surface area contributed by atoms with Crippen LogP contribution in [0.5, 0.6) is 5.75 Å². The third-order valence-electron chi connectivity index (χ3n) is 2.87. The van der Waals surface area contributed by atoms with Crippen molar-refractivity contribution in [3.05, 3.63) is 47.2 Å². The molecule has 10 heteroatoms. The quantitative estimate of drug-likeness (QED) is 0.409. The van der Waals surface area contributed by atoms with Crippen molar-refractivity contribution in [3.63, 3.8) is 0 Å². The van der Waals surface area contributed by atoms with Gasteiger partial charge in [0.1, 0.15) is 17.8 Å². The minimum absolute atomic E-state index is 0.249. The number of anilines is 3. The van der Waals surface area contributed by atoms with Gasteiger partial charge in [0.05, 0.1) is 5.02 Å². The van der Waals surface area contributed by atoms with Crippen LogP contribution in [0.2, 0.25) is 10.0 Å². The Morgan fingerprint density at radius 1 is 1.32 bits per heavy atom. The first-order chi connectivity index (χ1) is 12.0. The Hall–Kier alpha value is -2.71. The summed E-state index contributed by atoms with van der Waals surface area (Å²) in [5, 5.41) is 3.74. The van der Waals surface area contributed by atoms with Crippen LogP contribution in [-0.4, -0.2) is 29.0 Å². The van der Waals surface area contributed by atoms with Gasteiger partial charge in [-0.15, -0.1) is 6.58 Å². The van der Waals surface area contributed by atoms with Gasteiger partial charge in [-0.05, 0) is 18.2 Å². The number of carbonyl (C=O) groups excluding carboxylic acids is 1. The van der Waals surface area contributed by atoms with Crippen molar-refractivity contribution in [2.45, 2.75) is 0 Å². The first-order valence-electron chi connectivity index (χ1n) is 7.09. The van der Waals surface area contributed by atoms with Gasteiger partial charge in [0, 0.05) is 11.6 Å². The molecule has 5 N–H and O–H groups in total. The zero-order chi connectivity index (χ0) is 18.2. The lowest BCUT2D eigenvalue weighted by atomic mass is 10.3. The third-order valence-corrected chi connectivity index (χ3v) is 3.40. The summed E-state index contributed by atoms with van der Waals surface area (Å²) in [4.78, 5) is 19.8. The fraction of sp³-hybridized carbons (Fsp3) is 0.133. The molecule has 1 amide bonds. The van der Waals surface area contributed by atoms with E-state index in [-0.39, 0.29) is 18.1 Å². The average molecular weight is 383 g/mol. The summed E-state index contributed by atoms with van der Waals surface area (Å²) in [5.74, 6) is 0.568. The van der Waals surface area contributed by atoms with Crippen LogP contribution in [0.4, 0.5) is 17.3 Å². The normalized spacial score (nSPS) is 10.0. The van der Waals surface area contributed by atoms with Crippen molar-refractivity contribution in [1.29, 1.82) is 0 Å². The highest BCUT2D eigenvalue weighted by molar-refractivity contribution is 6.35. The van der Waals surface area contributed by atoms with Crippen LogP contribution in [0.1, 0.15) is 0 Å². The van der Waals surface area contributed by atoms with Gasteiger partial charge < -0.3 is 15.8 Å². The van der Waals surface area contributed by atoms with Crippen molar-refractivity contribution in [2.75, 3.05) is 29.6 Å². The molecule has 0 bridgehead atoms. The largest absolute Gasteiger partial charge is 0.482 e. The SMILES string of the molecule is C=CCNc1ncnc(NNC(=O)COc2ccc(Cl)cc2Cl)c1N. The second-order valence-electron chi connectivity index (χ2n) is 4.69. The van der Waals surface area contributed by atoms with Gasteiger partial charge in [0.2, 0.25) is 0 Å². The highest BCUT2D eigenvalue weighted by atomic mass is 35.5. The van der Waals surface area contributed by atoms with Gasteiger partial charge in [0.15, 0.2) is 18.2 Å². The molecule has 2 rings (SSSR count). The lowest BCUT2D eigenvalue weighted by molar-refractivity contribution is -0.122. The Morgan fingerprint density at radius 2 is 2.08 bits per heavy atom. The molecule has 0 aliphatic carbocycles. The molecule has 0 unspecified atom stereocenters. The number of amides is 1. The van der Waals surface area contributed by atoms with E-state index in [4.69, 9.17) is 33.7 Å². The lowest BCUT2D eigenvalue weighted by Crippen LogP contribution is -2.34. The zero-order valence-corrected chi connectivity index (χ0v) is 14.6. The number of aromatic nitrogens is 2. The molecule has 0 aliphatic rings. The maximum atomic E-state index is 11.9. The molecule has 0 aliphatic heterocycles. The zero-order valence-electron chi connectivity index (χ0n) is 13.1. The summed E-state index contributed by atoms with van der Waals surface area (Å²) in [5.41, 5.74) is 11.2. The number of nitrogens with zero attached hydrogens (tertiary/aromatic N) is 2. The Morgan fingerprint density at radius 3 is 2.80 bits per heavy atom. The predicted octanol–water partition coefficient (Wildman–Crippen LogP) is 2.49. The van der Waals surface area contributed by atoms with Crippen LogP contribution < -0.4 is 26.6 Å². The molecular weight excluding hydrogens is 367 g/mol. The van der Waals surface area contributed by atoms with E-state index in [1.54, 1.807) is 18.2 Å². The number of benzene rings is 1. The van der Waals surface area contributed by atoms with E-state index >= 15 is 0 Å². The Balaban J connectivity index is 1.88. The molecule has 0 saturated heterocycles. The smallest absolute Gasteiger partial charge is 0.276 e. The highest BCUT2D eigenvalue weighted by Gasteiger charge is 2.10. The predicted molar refractivity (Wildman–Crippen MR) is 98.9 cm³/mol. The Kier molecular flexibility index (Phi) is 6.67. The number of hydrogen-bond acceptors (Lipinski definition) is 7. The summed E-state index contributed by atoms with van der Waals surface area (Å²) in [6.07, 6.45) is 2.97. The van der Waals surface area contributed by atoms with E-state index in [0.29, 0.717) is 28.2 Å². The standard InChI is InChI=1S/C15H16Cl2N6O2/c1-2-5-19-14-13(18)15(21-8-20-14)23-22-12(24)7-25-11-4-3-9(16)6-10(11)17/h2-4,6,8H,1,5,7,18H2,(H,22,24)(H2,19,20,21,23). The van der Waals surface area contributed by atoms with E-state index in [0.717, 1.165) is 0 Å². The monoisotopic (exact) mass is 382 g/mol. The van der Waals surface area contributed by atoms with Gasteiger partial charge in [0.25, 0.3) is 5.91 Å². The second kappa shape index (κ2) is 8.95. The highest BCUT2D eigenvalue weighted by Crippen LogP contribution is 2.27. The number of carbonyl (C=O) groups is 1. The summed E-state index contributed by atoms with van der Waals surface area (Å²) >= 11 is 11.8. The van der Waals surface area contributed by atoms with Crippen LogP contribution in [0.15, 0.2) is 37.2 Å². The maximum Gasteiger partial charge on any atom is 0.276 e. The molecule has 2 aromatic rings. The van der Waals surface area contributed by atoms with Crippen LogP contribution in [0.3, 0.4) is 0 Å². The number of nitrogen functional groups attached to an aromatic ring is 1. The molecule has 0 fully saturated rings. The van der Waals surface area contributed by atoms with Gasteiger partial charge in [-0.3, -0.25) is 15.6 Å². The van der Waals surface area contributed by atoms with E-state index in [2.05, 4.69) is 32.7 Å². The molecule has 0 atom stereocenters. The number of hydrazine groups is 1. The van der Waals surface area contributed by atoms with Crippen LogP contribution in [0, 0.1) is 0 Å². The van der Waals surface area contributed by atoms with Crippen molar-refractivity contribution < 1.29 is 9.53 Å². The number of ether oxygens (including phenoxy) is 1. The van der Waals surface area contributed by atoms with Crippen molar-refractivity contribution in [2.24, 2.45) is 0 Å². The first kappa shape index (κ1) is 18.6. The minimum Gasteiger partial charge on any atom is -0.482 e. The molecule has 25 heavy (non-hydrogen) atoms. The van der Waals surface area contributed by atoms with Crippen molar-refractivity contribution in [1.82, 2.24) is 15.4 Å². The Labute approximate surface area is 154 Å². The summed E-state index contributed by atoms with van der Waals surface area (Å²) in [7, 11) is 0. The number of nitrogens with two attached hydrogens (primary N) is 1. The topological polar surface area (TPSA) is 114 Å². The van der Waals surface area contributed by atoms with Crippen LogP contribution in [-0.2, 0) is 4.79 Å². The number of rotatable bonds is 8. The molecular formula is C15H16Cl2N6O2. The van der Waals surface area contributed by atoms with Crippen LogP contribution in [0.25, 0.3) is 0 Å². The van der Waals surface area contributed by atoms with E-state index in [9.17, 15) is 4.79 Å². The third kappa shape index (κ3) is 5.40. The van der Waals surface area contributed by atoms with Crippen molar-refractivity contribution in [3.8, 4) is 5.75 Å². The molecule has 1 heterocycles. The molecule has 0 radical (unpaired) electrons. The van der Waals surface area contributed by atoms with Gasteiger partial charge in [-0.25, -0.2) is 9.97 Å². The fourth-order valence-corrected chi connectivity index (χ4v) is 2.17. The van der Waals surface area contributed by atoms with Gasteiger partial charge in [-0.1, -0.05) is 29.3 Å². The van der Waals surface area contributed by atoms with Gasteiger partial charge in [-0.2, -0.15) is 0 Å². The number of halogens is 2. The summed E-state index contributed by atoms with van der Waals surface area (Å²) in [6.45, 7) is 3.82. The first-order valence-corrected chi connectivity index (χ1v) is 7.84. The number of hydrogen-bond donors (Lipinski definition) is 4. The molecule has 1 aromatic heterocycles. The second-order valence-corrected chi connectivity index (χ2v) is 5.53. The molecule has 0 saturated carbocycles. The lowest BCUT2D eigenvalue weighted by Gasteiger charge is -2.13. The van der Waals surface area contributed by atoms with E-state index in [1.807, 2.05) is 0 Å². The molecule has 0 spiro atoms. The summed E-state index contributed by atoms with van der Waals surface area (Å²) < 4.78 is 5.32. The van der Waals surface area contributed by atoms with Crippen LogP contribution >= 0.6 is 23.2 Å². The van der Waals surface area contributed by atoms with Gasteiger partial charge >= 0.3 is 0 Å². The maximum absolute atomic E-state index is 11.9. The molecule has 1 aromatic carbocycles. The van der Waals surface area contributed by atoms with Crippen molar-refractivity contribution >= 4 is 46.4 Å². The summed E-state index contributed by atoms with van der Waals surface area (Å²) in [6, 6.07) is 4.71. The Bertz CT molecular complexity index is 772. The molecule has 132 valence electrons. The number of nitrogens with one attached hydrogen (secondary N) is 3. The van der Waals surface area contributed by atoms with E-state index < -0.39 is 5.91 Å².